The van der Waals surface area contributed by atoms with Crippen molar-refractivity contribution >= 4 is 33.4 Å². The number of halogens is 2. The van der Waals surface area contributed by atoms with Crippen molar-refractivity contribution in [2.24, 2.45) is 7.05 Å². The van der Waals surface area contributed by atoms with Gasteiger partial charge in [-0.2, -0.15) is 5.10 Å². The van der Waals surface area contributed by atoms with Gasteiger partial charge < -0.3 is 24.9 Å². The molecule has 11 nitrogen and oxygen atoms in total. The van der Waals surface area contributed by atoms with Crippen molar-refractivity contribution < 1.29 is 13.5 Å². The highest BCUT2D eigenvalue weighted by atomic mass is 19.1. The van der Waals surface area contributed by atoms with E-state index in [0.717, 1.165) is 6.07 Å². The van der Waals surface area contributed by atoms with E-state index in [4.69, 9.17) is 4.74 Å². The van der Waals surface area contributed by atoms with Crippen molar-refractivity contribution in [1.29, 1.82) is 0 Å². The van der Waals surface area contributed by atoms with Gasteiger partial charge >= 0.3 is 0 Å². The van der Waals surface area contributed by atoms with Gasteiger partial charge in [-0.15, -0.1) is 0 Å². The van der Waals surface area contributed by atoms with Crippen molar-refractivity contribution in [1.82, 2.24) is 34.7 Å². The smallest absolute Gasteiger partial charge is 0.261 e. The molecule has 0 saturated carbocycles. The fraction of sp³-hybridized carbons (Fsp3) is 0.320. The molecular weight excluding hydrogens is 496 g/mol. The molecule has 0 amide bonds. The third kappa shape index (κ3) is 4.24. The molecule has 0 bridgehead atoms. The normalized spacial score (nSPS) is 14.6. The molecule has 1 aromatic carbocycles. The number of aromatic nitrogens is 7. The van der Waals surface area contributed by atoms with Crippen LogP contribution in [0.15, 0.2) is 35.5 Å². The van der Waals surface area contributed by atoms with Gasteiger partial charge in [0.2, 0.25) is 0 Å². The Balaban J connectivity index is 0.00000294. The molecule has 0 unspecified atom stereocenters. The number of hydrogen-bond acceptors (Lipinski definition) is 8. The van der Waals surface area contributed by atoms with Gasteiger partial charge in [-0.25, -0.2) is 23.7 Å². The summed E-state index contributed by atoms with van der Waals surface area (Å²) in [7, 11) is 1.73. The number of rotatable bonds is 5. The predicted octanol–water partition coefficient (Wildman–Crippen LogP) is 3.52. The number of pyridine rings is 1. The Labute approximate surface area is 215 Å². The van der Waals surface area contributed by atoms with Crippen LogP contribution in [0.3, 0.4) is 0 Å². The first-order valence-corrected chi connectivity index (χ1v) is 11.7. The zero-order valence-electron chi connectivity index (χ0n) is 20.0. The van der Waals surface area contributed by atoms with Gasteiger partial charge in [0.05, 0.1) is 36.1 Å². The molecule has 0 radical (unpaired) electrons. The summed E-state index contributed by atoms with van der Waals surface area (Å²) in [6, 6.07) is 2.42. The molecule has 1 saturated heterocycles. The van der Waals surface area contributed by atoms with Crippen LogP contribution in [-0.4, -0.2) is 61.0 Å². The van der Waals surface area contributed by atoms with Crippen molar-refractivity contribution in [2.75, 3.05) is 36.5 Å². The monoisotopic (exact) mass is 523 g/mol. The van der Waals surface area contributed by atoms with Crippen LogP contribution >= 0.6 is 0 Å². The SMILES string of the molecule is C.C[C@H](Nc1c(-c2nc3c(F)cc(N4CCOCC4)c(F)c3[nH]2)c(=O)[nH]c2cn(C)nc12)c1ncccn1. The van der Waals surface area contributed by atoms with Crippen molar-refractivity contribution in [3.8, 4) is 11.4 Å². The van der Waals surface area contributed by atoms with E-state index in [1.54, 1.807) is 41.3 Å². The van der Waals surface area contributed by atoms with Crippen LogP contribution in [0, 0.1) is 11.6 Å². The standard InChI is InChI=1S/C24H23F2N9O2.CH4/c1-12(22-27-4-3-5-28-22)29-20-16(24(36)30-14-11-34(2)33-19(14)20)23-31-18-13(25)10-15(17(26)21(18)32-23)35-6-8-37-9-7-35;/h3-5,10-12,29H,6-9H2,1-2H3,(H,30,36)(H,31,32);1H4/t12-;/m0./s1. The number of ether oxygens (including phenoxy) is 1. The number of fused-ring (bicyclic) bond motifs is 2. The number of H-pyrrole nitrogens is 2. The number of benzene rings is 1. The van der Waals surface area contributed by atoms with Gasteiger partial charge in [-0.05, 0) is 13.0 Å². The lowest BCUT2D eigenvalue weighted by Gasteiger charge is -2.29. The first kappa shape index (κ1) is 25.3. The zero-order chi connectivity index (χ0) is 25.7. The molecule has 0 aliphatic carbocycles. The summed E-state index contributed by atoms with van der Waals surface area (Å²) in [5.74, 6) is -0.844. The lowest BCUT2D eigenvalue weighted by Crippen LogP contribution is -2.36. The van der Waals surface area contributed by atoms with E-state index in [0.29, 0.717) is 48.8 Å². The maximum absolute atomic E-state index is 15.6. The van der Waals surface area contributed by atoms with Gasteiger partial charge in [0.15, 0.2) is 11.6 Å². The van der Waals surface area contributed by atoms with E-state index in [1.165, 1.54) is 0 Å². The van der Waals surface area contributed by atoms with Crippen LogP contribution in [-0.2, 0) is 11.8 Å². The maximum Gasteiger partial charge on any atom is 0.261 e. The molecule has 1 fully saturated rings. The molecule has 13 heteroatoms. The average Bonchev–Trinajstić information content (AvgIpc) is 3.51. The fourth-order valence-electron chi connectivity index (χ4n) is 4.60. The summed E-state index contributed by atoms with van der Waals surface area (Å²) in [5, 5.41) is 7.75. The Hall–Kier alpha value is -4.39. The quantitative estimate of drug-likeness (QED) is 0.319. The Morgan fingerprint density at radius 1 is 1.13 bits per heavy atom. The van der Waals surface area contributed by atoms with Crippen molar-refractivity contribution in [2.45, 2.75) is 20.4 Å². The Morgan fingerprint density at radius 2 is 1.87 bits per heavy atom. The lowest BCUT2D eigenvalue weighted by atomic mass is 10.1. The Bertz CT molecular complexity index is 1670. The van der Waals surface area contributed by atoms with Crippen LogP contribution in [0.4, 0.5) is 20.2 Å². The number of nitrogens with zero attached hydrogens (tertiary/aromatic N) is 6. The minimum Gasteiger partial charge on any atom is -0.378 e. The average molecular weight is 524 g/mol. The second-order valence-electron chi connectivity index (χ2n) is 8.84. The van der Waals surface area contributed by atoms with E-state index in [1.807, 2.05) is 6.92 Å². The first-order valence-electron chi connectivity index (χ1n) is 11.7. The van der Waals surface area contributed by atoms with Gasteiger partial charge in [-0.1, -0.05) is 7.43 Å². The summed E-state index contributed by atoms with van der Waals surface area (Å²) in [6.45, 7) is 3.55. The molecule has 38 heavy (non-hydrogen) atoms. The zero-order valence-corrected chi connectivity index (χ0v) is 20.0. The van der Waals surface area contributed by atoms with E-state index in [9.17, 15) is 4.79 Å². The molecule has 198 valence electrons. The first-order chi connectivity index (χ1) is 17.9. The van der Waals surface area contributed by atoms with E-state index in [-0.39, 0.29) is 35.5 Å². The van der Waals surface area contributed by atoms with E-state index >= 15 is 8.78 Å². The highest BCUT2D eigenvalue weighted by Crippen LogP contribution is 2.35. The molecule has 4 aromatic heterocycles. The number of aryl methyl sites for hydroxylation is 1. The Kier molecular flexibility index (Phi) is 6.53. The molecule has 0 spiro atoms. The van der Waals surface area contributed by atoms with Gasteiger partial charge in [-0.3, -0.25) is 9.48 Å². The van der Waals surface area contributed by atoms with Crippen LogP contribution in [0.1, 0.15) is 26.2 Å². The number of aromatic amines is 2. The predicted molar refractivity (Wildman–Crippen MR) is 140 cm³/mol. The summed E-state index contributed by atoms with van der Waals surface area (Å²) in [6.07, 6.45) is 4.90. The molecular formula is C25H27F2N9O2. The number of hydrogen-bond donors (Lipinski definition) is 3. The number of nitrogens with one attached hydrogen (secondary N) is 3. The number of imidazole rings is 1. The van der Waals surface area contributed by atoms with E-state index in [2.05, 4.69) is 35.3 Å². The van der Waals surface area contributed by atoms with Gasteiger partial charge in [0.1, 0.15) is 33.8 Å². The third-order valence-electron chi connectivity index (χ3n) is 6.35. The van der Waals surface area contributed by atoms with Gasteiger partial charge in [0.25, 0.3) is 5.56 Å². The molecule has 1 aliphatic rings. The number of morpholine rings is 1. The molecule has 3 N–H and O–H groups in total. The second kappa shape index (κ2) is 9.82. The lowest BCUT2D eigenvalue weighted by molar-refractivity contribution is 0.122. The molecule has 1 aliphatic heterocycles. The fourth-order valence-corrected chi connectivity index (χ4v) is 4.60. The molecule has 6 rings (SSSR count). The summed E-state index contributed by atoms with van der Waals surface area (Å²) >= 11 is 0. The highest BCUT2D eigenvalue weighted by molar-refractivity contribution is 5.97. The van der Waals surface area contributed by atoms with Crippen molar-refractivity contribution in [3.05, 3.63) is 58.5 Å². The van der Waals surface area contributed by atoms with Crippen LogP contribution in [0.5, 0.6) is 0 Å². The van der Waals surface area contributed by atoms with Crippen LogP contribution in [0.25, 0.3) is 33.5 Å². The van der Waals surface area contributed by atoms with Crippen molar-refractivity contribution in [3.63, 3.8) is 0 Å². The van der Waals surface area contributed by atoms with Gasteiger partial charge in [0, 0.05) is 44.8 Å². The largest absolute Gasteiger partial charge is 0.378 e. The molecule has 5 heterocycles. The Morgan fingerprint density at radius 3 is 2.61 bits per heavy atom. The van der Waals surface area contributed by atoms with Crippen LogP contribution < -0.4 is 15.8 Å². The summed E-state index contributed by atoms with van der Waals surface area (Å²) < 4.78 is 37.6. The highest BCUT2D eigenvalue weighted by Gasteiger charge is 2.26. The molecule has 1 atom stereocenters. The number of anilines is 2. The topological polar surface area (TPSA) is 130 Å². The minimum atomic E-state index is -0.698. The maximum atomic E-state index is 15.6. The second-order valence-corrected chi connectivity index (χ2v) is 8.84. The minimum absolute atomic E-state index is 0. The molecule has 5 aromatic rings. The van der Waals surface area contributed by atoms with Crippen LogP contribution in [0.2, 0.25) is 0 Å². The third-order valence-corrected chi connectivity index (χ3v) is 6.35. The summed E-state index contributed by atoms with van der Waals surface area (Å²) in [5.41, 5.74) is 0.642. The summed E-state index contributed by atoms with van der Waals surface area (Å²) in [4.78, 5) is 33.5. The van der Waals surface area contributed by atoms with E-state index < -0.39 is 23.2 Å².